The van der Waals surface area contributed by atoms with E-state index in [0.717, 1.165) is 10.8 Å². The summed E-state index contributed by atoms with van der Waals surface area (Å²) in [6, 6.07) is 11.1. The minimum Gasteiger partial charge on any atom is -0.507 e. The SMILES string of the molecule is Cc1n[nH]c(=O)nc1N/N=C\c1c(O)ccc2ccccc12. The fourth-order valence-electron chi connectivity index (χ4n) is 2.08. The van der Waals surface area contributed by atoms with E-state index in [-0.39, 0.29) is 11.6 Å². The van der Waals surface area contributed by atoms with Crippen LogP contribution in [-0.4, -0.2) is 26.5 Å². The van der Waals surface area contributed by atoms with Gasteiger partial charge >= 0.3 is 5.69 Å². The topological polar surface area (TPSA) is 103 Å². The molecule has 22 heavy (non-hydrogen) atoms. The minimum atomic E-state index is -0.559. The normalized spacial score (nSPS) is 11.1. The predicted octanol–water partition coefficient (Wildman–Crippen LogP) is 1.78. The van der Waals surface area contributed by atoms with Crippen molar-refractivity contribution >= 4 is 22.8 Å². The highest BCUT2D eigenvalue weighted by molar-refractivity contribution is 6.02. The van der Waals surface area contributed by atoms with Crippen molar-refractivity contribution in [2.75, 3.05) is 5.43 Å². The number of H-pyrrole nitrogens is 1. The molecule has 0 saturated carbocycles. The highest BCUT2D eigenvalue weighted by Gasteiger charge is 2.05. The standard InChI is InChI=1S/C15H13N5O2/c1-9-14(17-15(22)20-18-9)19-16-8-12-11-5-3-2-4-10(11)6-7-13(12)21/h2-8,21H,1H3,(H2,17,19,20,22)/b16-8-. The fourth-order valence-corrected chi connectivity index (χ4v) is 2.08. The van der Waals surface area contributed by atoms with Gasteiger partial charge in [-0.1, -0.05) is 30.3 Å². The number of nitrogens with zero attached hydrogens (tertiary/aromatic N) is 3. The third kappa shape index (κ3) is 2.64. The molecular weight excluding hydrogens is 282 g/mol. The molecule has 3 rings (SSSR count). The van der Waals surface area contributed by atoms with E-state index in [2.05, 4.69) is 25.7 Å². The molecule has 0 spiro atoms. The van der Waals surface area contributed by atoms with Crippen molar-refractivity contribution in [3.63, 3.8) is 0 Å². The number of phenolic OH excluding ortho intramolecular Hbond substituents is 1. The average Bonchev–Trinajstić information content (AvgIpc) is 2.53. The number of nitrogens with one attached hydrogen (secondary N) is 2. The third-order valence-electron chi connectivity index (χ3n) is 3.19. The fraction of sp³-hybridized carbons (Fsp3) is 0.0667. The molecule has 3 N–H and O–H groups in total. The molecule has 110 valence electrons. The molecule has 0 saturated heterocycles. The van der Waals surface area contributed by atoms with Gasteiger partial charge in [-0.3, -0.25) is 5.43 Å². The number of aryl methyl sites for hydroxylation is 1. The van der Waals surface area contributed by atoms with E-state index in [1.54, 1.807) is 13.0 Å². The lowest BCUT2D eigenvalue weighted by molar-refractivity contribution is 0.475. The lowest BCUT2D eigenvalue weighted by atomic mass is 10.0. The number of fused-ring (bicyclic) bond motifs is 1. The Morgan fingerprint density at radius 3 is 2.95 bits per heavy atom. The molecule has 0 aliphatic heterocycles. The predicted molar refractivity (Wildman–Crippen MR) is 84.2 cm³/mol. The molecule has 0 atom stereocenters. The highest BCUT2D eigenvalue weighted by Crippen LogP contribution is 2.25. The third-order valence-corrected chi connectivity index (χ3v) is 3.19. The van der Waals surface area contributed by atoms with Gasteiger partial charge in [0.1, 0.15) is 11.4 Å². The van der Waals surface area contributed by atoms with E-state index < -0.39 is 5.69 Å². The monoisotopic (exact) mass is 295 g/mol. The molecule has 0 bridgehead atoms. The molecule has 3 aromatic rings. The maximum Gasteiger partial charge on any atom is 0.363 e. The largest absolute Gasteiger partial charge is 0.507 e. The lowest BCUT2D eigenvalue weighted by Gasteiger charge is -2.05. The molecule has 0 amide bonds. The van der Waals surface area contributed by atoms with Gasteiger partial charge in [-0.2, -0.15) is 15.2 Å². The Hall–Kier alpha value is -3.22. The van der Waals surface area contributed by atoms with Crippen molar-refractivity contribution < 1.29 is 5.11 Å². The number of anilines is 1. The van der Waals surface area contributed by atoms with Crippen LogP contribution < -0.4 is 11.1 Å². The quantitative estimate of drug-likeness (QED) is 0.505. The summed E-state index contributed by atoms with van der Waals surface area (Å²) in [6.07, 6.45) is 1.49. The van der Waals surface area contributed by atoms with Crippen LogP contribution >= 0.6 is 0 Å². The summed E-state index contributed by atoms with van der Waals surface area (Å²) in [5.41, 5.74) is 3.20. The van der Waals surface area contributed by atoms with Crippen LogP contribution in [0, 0.1) is 6.92 Å². The first-order valence-electron chi connectivity index (χ1n) is 6.58. The highest BCUT2D eigenvalue weighted by atomic mass is 16.3. The van der Waals surface area contributed by atoms with Crippen molar-refractivity contribution in [1.29, 1.82) is 0 Å². The summed E-state index contributed by atoms with van der Waals surface area (Å²) < 4.78 is 0. The van der Waals surface area contributed by atoms with Gasteiger partial charge in [0.2, 0.25) is 0 Å². The minimum absolute atomic E-state index is 0.123. The molecular formula is C15H13N5O2. The van der Waals surface area contributed by atoms with E-state index in [0.29, 0.717) is 11.3 Å². The van der Waals surface area contributed by atoms with Gasteiger partial charge < -0.3 is 5.11 Å². The zero-order valence-corrected chi connectivity index (χ0v) is 11.7. The number of benzene rings is 2. The second-order valence-electron chi connectivity index (χ2n) is 4.66. The molecule has 1 heterocycles. The van der Waals surface area contributed by atoms with Crippen molar-refractivity contribution in [1.82, 2.24) is 15.2 Å². The van der Waals surface area contributed by atoms with Gasteiger partial charge in [-0.05, 0) is 23.8 Å². The summed E-state index contributed by atoms with van der Waals surface area (Å²) in [5, 5.41) is 21.9. The molecule has 2 aromatic carbocycles. The Morgan fingerprint density at radius 1 is 1.27 bits per heavy atom. The van der Waals surface area contributed by atoms with E-state index in [1.807, 2.05) is 30.3 Å². The van der Waals surface area contributed by atoms with Crippen LogP contribution in [-0.2, 0) is 0 Å². The van der Waals surface area contributed by atoms with Crippen LogP contribution in [0.1, 0.15) is 11.3 Å². The lowest BCUT2D eigenvalue weighted by Crippen LogP contribution is -2.15. The van der Waals surface area contributed by atoms with E-state index >= 15 is 0 Å². The van der Waals surface area contributed by atoms with Crippen molar-refractivity contribution in [3.8, 4) is 5.75 Å². The number of hydrogen-bond donors (Lipinski definition) is 3. The number of aromatic hydroxyl groups is 1. The molecule has 0 fully saturated rings. The summed E-state index contributed by atoms with van der Waals surface area (Å²) in [4.78, 5) is 14.9. The van der Waals surface area contributed by atoms with Crippen molar-refractivity contribution in [2.24, 2.45) is 5.10 Å². The van der Waals surface area contributed by atoms with Gasteiger partial charge in [0.05, 0.1) is 6.21 Å². The molecule has 0 aliphatic carbocycles. The van der Waals surface area contributed by atoms with Crippen molar-refractivity contribution in [3.05, 3.63) is 58.1 Å². The summed E-state index contributed by atoms with van der Waals surface area (Å²) >= 11 is 0. The van der Waals surface area contributed by atoms with E-state index in [4.69, 9.17) is 0 Å². The van der Waals surface area contributed by atoms with Crippen LogP contribution in [0.25, 0.3) is 10.8 Å². The van der Waals surface area contributed by atoms with Gasteiger partial charge in [0.25, 0.3) is 0 Å². The smallest absolute Gasteiger partial charge is 0.363 e. The molecule has 0 aliphatic rings. The molecule has 7 nitrogen and oxygen atoms in total. The van der Waals surface area contributed by atoms with Crippen LogP contribution in [0.2, 0.25) is 0 Å². The number of hydrogen-bond acceptors (Lipinski definition) is 6. The second-order valence-corrected chi connectivity index (χ2v) is 4.66. The van der Waals surface area contributed by atoms with Gasteiger partial charge in [-0.25, -0.2) is 9.89 Å². The number of phenols is 1. The first-order chi connectivity index (χ1) is 10.6. The maximum atomic E-state index is 11.1. The van der Waals surface area contributed by atoms with Crippen LogP contribution in [0.15, 0.2) is 46.3 Å². The molecule has 1 aromatic heterocycles. The Bertz CT molecular complexity index is 917. The number of aromatic amines is 1. The Kier molecular flexibility index (Phi) is 3.53. The summed E-state index contributed by atoms with van der Waals surface area (Å²) in [7, 11) is 0. The van der Waals surface area contributed by atoms with Gasteiger partial charge in [-0.15, -0.1) is 0 Å². The molecule has 0 radical (unpaired) electrons. The number of hydrazone groups is 1. The second kappa shape index (κ2) is 5.65. The average molecular weight is 295 g/mol. The van der Waals surface area contributed by atoms with Crippen LogP contribution in [0.5, 0.6) is 5.75 Å². The van der Waals surface area contributed by atoms with Gasteiger partial charge in [0, 0.05) is 5.56 Å². The Morgan fingerprint density at radius 2 is 2.09 bits per heavy atom. The first kappa shape index (κ1) is 13.7. The Balaban J connectivity index is 1.94. The Labute approximate surface area is 125 Å². The summed E-state index contributed by atoms with van der Waals surface area (Å²) in [6.45, 7) is 1.69. The van der Waals surface area contributed by atoms with Crippen molar-refractivity contribution in [2.45, 2.75) is 6.92 Å². The zero-order chi connectivity index (χ0) is 15.5. The van der Waals surface area contributed by atoms with E-state index in [1.165, 1.54) is 6.21 Å². The van der Waals surface area contributed by atoms with Gasteiger partial charge in [0.15, 0.2) is 5.82 Å². The van der Waals surface area contributed by atoms with Crippen LogP contribution in [0.4, 0.5) is 5.82 Å². The molecule has 7 heteroatoms. The first-order valence-corrected chi connectivity index (χ1v) is 6.58. The number of aromatic nitrogens is 3. The van der Waals surface area contributed by atoms with Crippen LogP contribution in [0.3, 0.4) is 0 Å². The summed E-state index contributed by atoms with van der Waals surface area (Å²) in [5.74, 6) is 0.387. The number of rotatable bonds is 3. The molecule has 0 unspecified atom stereocenters. The van der Waals surface area contributed by atoms with E-state index in [9.17, 15) is 9.90 Å². The maximum absolute atomic E-state index is 11.1. The zero-order valence-electron chi connectivity index (χ0n) is 11.7.